The molecule has 7 heteroatoms. The van der Waals surface area contributed by atoms with Crippen molar-refractivity contribution in [2.24, 2.45) is 15.9 Å². The van der Waals surface area contributed by atoms with Crippen molar-refractivity contribution in [2.75, 3.05) is 26.7 Å². The Labute approximate surface area is 164 Å². The first-order valence-corrected chi connectivity index (χ1v) is 9.90. The Morgan fingerprint density at radius 1 is 1.14 bits per heavy atom. The summed E-state index contributed by atoms with van der Waals surface area (Å²) in [5, 5.41) is 4.71. The molecule has 0 atom stereocenters. The zero-order chi connectivity index (χ0) is 19.3. The molecule has 1 saturated heterocycles. The van der Waals surface area contributed by atoms with E-state index in [0.29, 0.717) is 5.92 Å². The molecular formula is C21H25N7. The highest BCUT2D eigenvalue weighted by Crippen LogP contribution is 2.29. The standard InChI is InChI=1S/C21H25N7/c1-14-12-28-20(15(2)23-14)10-18(25-28)17-6-9-27-13-19(22-11-21(27)24-17)16-4-7-26(3)8-5-16/h6,10-13,16H,4-5,7-9H2,1-3H3. The maximum Gasteiger partial charge on any atom is 0.152 e. The van der Waals surface area contributed by atoms with E-state index in [1.807, 2.05) is 30.8 Å². The summed E-state index contributed by atoms with van der Waals surface area (Å²) in [4.78, 5) is 18.7. The van der Waals surface area contributed by atoms with Crippen LogP contribution in [0.15, 0.2) is 40.2 Å². The minimum absolute atomic E-state index is 0.552. The first kappa shape index (κ1) is 17.3. The molecule has 2 aromatic rings. The largest absolute Gasteiger partial charge is 0.326 e. The van der Waals surface area contributed by atoms with Gasteiger partial charge in [0.1, 0.15) is 5.69 Å². The van der Waals surface area contributed by atoms with Gasteiger partial charge < -0.3 is 9.80 Å². The van der Waals surface area contributed by atoms with Crippen molar-refractivity contribution in [1.82, 2.24) is 24.4 Å². The number of likely N-dealkylation sites (tertiary alicyclic amines) is 1. The molecule has 28 heavy (non-hydrogen) atoms. The van der Waals surface area contributed by atoms with Crippen LogP contribution in [-0.2, 0) is 0 Å². The maximum atomic E-state index is 4.82. The Morgan fingerprint density at radius 2 is 1.96 bits per heavy atom. The molecule has 0 saturated carbocycles. The molecule has 5 heterocycles. The number of nitrogens with zero attached hydrogens (tertiary/aromatic N) is 7. The van der Waals surface area contributed by atoms with Crippen LogP contribution >= 0.6 is 0 Å². The number of rotatable bonds is 2. The molecule has 5 rings (SSSR count). The molecule has 0 N–H and O–H groups in total. The van der Waals surface area contributed by atoms with Crippen LogP contribution in [0.1, 0.15) is 29.9 Å². The number of aryl methyl sites for hydroxylation is 2. The smallest absolute Gasteiger partial charge is 0.152 e. The lowest BCUT2D eigenvalue weighted by atomic mass is 9.93. The number of hydrogen-bond acceptors (Lipinski definition) is 6. The highest BCUT2D eigenvalue weighted by molar-refractivity contribution is 6.31. The summed E-state index contributed by atoms with van der Waals surface area (Å²) in [6.07, 6.45) is 10.5. The monoisotopic (exact) mass is 375 g/mol. The fraction of sp³-hybridized carbons (Fsp3) is 0.429. The first-order valence-electron chi connectivity index (χ1n) is 9.90. The van der Waals surface area contributed by atoms with E-state index in [0.717, 1.165) is 53.8 Å². The fourth-order valence-corrected chi connectivity index (χ4v) is 4.15. The number of piperidine rings is 1. The van der Waals surface area contributed by atoms with Gasteiger partial charge in [-0.1, -0.05) is 0 Å². The van der Waals surface area contributed by atoms with Gasteiger partial charge in [0, 0.05) is 18.7 Å². The zero-order valence-electron chi connectivity index (χ0n) is 16.6. The summed E-state index contributed by atoms with van der Waals surface area (Å²) in [6.45, 7) is 7.08. The van der Waals surface area contributed by atoms with Crippen LogP contribution in [0.25, 0.3) is 11.2 Å². The van der Waals surface area contributed by atoms with Crippen LogP contribution in [0.2, 0.25) is 0 Å². The average molecular weight is 375 g/mol. The van der Waals surface area contributed by atoms with Gasteiger partial charge in [0.25, 0.3) is 0 Å². The number of hydrogen-bond donors (Lipinski definition) is 0. The Bertz CT molecular complexity index is 1050. The lowest BCUT2D eigenvalue weighted by Crippen LogP contribution is -2.35. The molecule has 1 fully saturated rings. The van der Waals surface area contributed by atoms with Crippen molar-refractivity contribution in [3.8, 4) is 0 Å². The SMILES string of the molecule is Cc1cn2nc(C3=CCN4C=C(C5CCN(C)CC5)N=CC4=N3)cc2c(C)n1. The summed E-state index contributed by atoms with van der Waals surface area (Å²) in [7, 11) is 2.19. The molecule has 2 aromatic heterocycles. The van der Waals surface area contributed by atoms with Crippen LogP contribution in [0.3, 0.4) is 0 Å². The highest BCUT2D eigenvalue weighted by atomic mass is 15.3. The number of fused-ring (bicyclic) bond motifs is 2. The fourth-order valence-electron chi connectivity index (χ4n) is 4.15. The third kappa shape index (κ3) is 3.05. The summed E-state index contributed by atoms with van der Waals surface area (Å²) in [6, 6.07) is 2.06. The Kier molecular flexibility index (Phi) is 4.12. The summed E-state index contributed by atoms with van der Waals surface area (Å²) in [5.41, 5.74) is 5.92. The van der Waals surface area contributed by atoms with E-state index >= 15 is 0 Å². The molecule has 0 amide bonds. The topological polar surface area (TPSA) is 61.4 Å². The minimum Gasteiger partial charge on any atom is -0.326 e. The van der Waals surface area contributed by atoms with Crippen LogP contribution in [0, 0.1) is 19.8 Å². The van der Waals surface area contributed by atoms with Crippen molar-refractivity contribution in [3.05, 3.63) is 47.3 Å². The van der Waals surface area contributed by atoms with E-state index in [2.05, 4.69) is 40.2 Å². The van der Waals surface area contributed by atoms with Gasteiger partial charge >= 0.3 is 0 Å². The highest BCUT2D eigenvalue weighted by Gasteiger charge is 2.25. The quantitative estimate of drug-likeness (QED) is 0.810. The van der Waals surface area contributed by atoms with Gasteiger partial charge in [0.05, 0.1) is 40.7 Å². The van der Waals surface area contributed by atoms with Gasteiger partial charge in [-0.15, -0.1) is 0 Å². The predicted molar refractivity (Wildman–Crippen MR) is 111 cm³/mol. The molecule has 0 bridgehead atoms. The van der Waals surface area contributed by atoms with E-state index < -0.39 is 0 Å². The summed E-state index contributed by atoms with van der Waals surface area (Å²) in [5.74, 6) is 1.44. The third-order valence-electron chi connectivity index (χ3n) is 5.79. The molecule has 0 unspecified atom stereocenters. The van der Waals surface area contributed by atoms with Crippen molar-refractivity contribution in [2.45, 2.75) is 26.7 Å². The predicted octanol–water partition coefficient (Wildman–Crippen LogP) is 2.67. The van der Waals surface area contributed by atoms with E-state index in [1.165, 1.54) is 18.5 Å². The van der Waals surface area contributed by atoms with Crippen molar-refractivity contribution >= 4 is 23.3 Å². The van der Waals surface area contributed by atoms with Crippen LogP contribution in [-0.4, -0.2) is 63.1 Å². The summed E-state index contributed by atoms with van der Waals surface area (Å²) < 4.78 is 1.90. The van der Waals surface area contributed by atoms with Crippen LogP contribution < -0.4 is 0 Å². The van der Waals surface area contributed by atoms with Crippen LogP contribution in [0.4, 0.5) is 0 Å². The number of aliphatic imine (C=N–C) groups is 2. The lowest BCUT2D eigenvalue weighted by Gasteiger charge is -2.32. The Morgan fingerprint density at radius 3 is 2.79 bits per heavy atom. The Hall–Kier alpha value is -2.80. The van der Waals surface area contributed by atoms with Crippen LogP contribution in [0.5, 0.6) is 0 Å². The average Bonchev–Trinajstić information content (AvgIpc) is 3.12. The van der Waals surface area contributed by atoms with Gasteiger partial charge in [0.2, 0.25) is 0 Å². The number of aromatic nitrogens is 3. The molecule has 0 aromatic carbocycles. The minimum atomic E-state index is 0.552. The molecule has 144 valence electrons. The van der Waals surface area contributed by atoms with Crippen molar-refractivity contribution < 1.29 is 0 Å². The molecule has 0 aliphatic carbocycles. The molecule has 3 aliphatic rings. The second-order valence-electron chi connectivity index (χ2n) is 7.93. The summed E-state index contributed by atoms with van der Waals surface area (Å²) >= 11 is 0. The molecular weight excluding hydrogens is 350 g/mol. The zero-order valence-corrected chi connectivity index (χ0v) is 16.6. The number of amidine groups is 1. The van der Waals surface area contributed by atoms with Gasteiger partial charge in [-0.05, 0) is 59.0 Å². The van der Waals surface area contributed by atoms with E-state index in [1.54, 1.807) is 0 Å². The van der Waals surface area contributed by atoms with Gasteiger partial charge in [0.15, 0.2) is 5.84 Å². The normalized spacial score (nSPS) is 20.8. The third-order valence-corrected chi connectivity index (χ3v) is 5.79. The lowest BCUT2D eigenvalue weighted by molar-refractivity contribution is 0.236. The van der Waals surface area contributed by atoms with E-state index in [-0.39, 0.29) is 0 Å². The second kappa shape index (κ2) is 6.67. The van der Waals surface area contributed by atoms with E-state index in [9.17, 15) is 0 Å². The van der Waals surface area contributed by atoms with Gasteiger partial charge in [-0.3, -0.25) is 9.98 Å². The van der Waals surface area contributed by atoms with Crippen molar-refractivity contribution in [1.29, 1.82) is 0 Å². The molecule has 3 aliphatic heterocycles. The Balaban J connectivity index is 1.39. The van der Waals surface area contributed by atoms with E-state index in [4.69, 9.17) is 15.1 Å². The maximum absolute atomic E-state index is 4.82. The molecule has 0 radical (unpaired) electrons. The second-order valence-corrected chi connectivity index (χ2v) is 7.93. The van der Waals surface area contributed by atoms with Crippen molar-refractivity contribution in [3.63, 3.8) is 0 Å². The molecule has 0 spiro atoms. The number of allylic oxidation sites excluding steroid dienone is 1. The van der Waals surface area contributed by atoms with Gasteiger partial charge in [-0.2, -0.15) is 5.10 Å². The molecule has 7 nitrogen and oxygen atoms in total. The van der Waals surface area contributed by atoms with Gasteiger partial charge in [-0.25, -0.2) is 9.51 Å². The first-order chi connectivity index (χ1) is 13.6.